The molecule has 6 aromatic carbocycles. The topological polar surface area (TPSA) is 3.24 Å². The zero-order valence-electron chi connectivity index (χ0n) is 31.6. The van der Waals surface area contributed by atoms with Crippen molar-refractivity contribution in [2.24, 2.45) is 23.7 Å². The van der Waals surface area contributed by atoms with Crippen LogP contribution in [0.4, 0.5) is 17.1 Å². The molecule has 12 rings (SSSR count). The molecule has 0 aliphatic heterocycles. The summed E-state index contributed by atoms with van der Waals surface area (Å²) in [5, 5.41) is 0. The molecule has 6 aliphatic carbocycles. The molecular formula is C52H49N. The van der Waals surface area contributed by atoms with Gasteiger partial charge in [0, 0.05) is 27.8 Å². The highest BCUT2D eigenvalue weighted by atomic mass is 15.1. The highest BCUT2D eigenvalue weighted by Crippen LogP contribution is 2.69. The van der Waals surface area contributed by atoms with E-state index in [1.807, 2.05) is 0 Å². The Morgan fingerprint density at radius 2 is 1.04 bits per heavy atom. The molecule has 262 valence electrons. The maximum absolute atomic E-state index is 2.66. The van der Waals surface area contributed by atoms with Crippen LogP contribution in [0.5, 0.6) is 0 Å². The fourth-order valence-corrected chi connectivity index (χ4v) is 12.5. The maximum Gasteiger partial charge on any atom is 0.0540 e. The monoisotopic (exact) mass is 687 g/mol. The summed E-state index contributed by atoms with van der Waals surface area (Å²) in [7, 11) is 0. The molecule has 0 N–H and O–H groups in total. The normalized spacial score (nSPS) is 25.0. The molecule has 0 radical (unpaired) electrons. The lowest BCUT2D eigenvalue weighted by atomic mass is 9.43. The molecule has 6 aliphatic rings. The maximum atomic E-state index is 2.66. The van der Waals surface area contributed by atoms with Crippen LogP contribution in [0.2, 0.25) is 0 Å². The Bertz CT molecular complexity index is 2400. The van der Waals surface area contributed by atoms with Gasteiger partial charge < -0.3 is 4.90 Å². The van der Waals surface area contributed by atoms with Gasteiger partial charge in [-0.3, -0.25) is 0 Å². The Hall–Kier alpha value is -4.88. The molecule has 1 nitrogen and oxygen atoms in total. The van der Waals surface area contributed by atoms with Gasteiger partial charge in [-0.25, -0.2) is 0 Å². The molecule has 6 aromatic rings. The lowest BCUT2D eigenvalue weighted by Crippen LogP contribution is -2.55. The molecule has 53 heavy (non-hydrogen) atoms. The first-order valence-corrected chi connectivity index (χ1v) is 20.3. The van der Waals surface area contributed by atoms with Gasteiger partial charge in [0.15, 0.2) is 0 Å². The molecule has 4 bridgehead atoms. The first-order valence-electron chi connectivity index (χ1n) is 20.3. The average molecular weight is 688 g/mol. The van der Waals surface area contributed by atoms with Crippen molar-refractivity contribution in [2.45, 2.75) is 76.5 Å². The summed E-state index contributed by atoms with van der Waals surface area (Å²) < 4.78 is 0. The van der Waals surface area contributed by atoms with Crippen LogP contribution in [0.15, 0.2) is 133 Å². The fourth-order valence-electron chi connectivity index (χ4n) is 12.5. The highest BCUT2D eigenvalue weighted by molar-refractivity contribution is 5.93. The second-order valence-corrected chi connectivity index (χ2v) is 18.0. The Morgan fingerprint density at radius 1 is 0.491 bits per heavy atom. The Morgan fingerprint density at radius 3 is 1.70 bits per heavy atom. The number of fused-ring (bicyclic) bond motifs is 6. The van der Waals surface area contributed by atoms with Gasteiger partial charge in [-0.2, -0.15) is 0 Å². The van der Waals surface area contributed by atoms with Crippen LogP contribution in [-0.4, -0.2) is 0 Å². The largest absolute Gasteiger partial charge is 0.310 e. The van der Waals surface area contributed by atoms with Crippen molar-refractivity contribution >= 4 is 17.1 Å². The molecule has 1 spiro atoms. The van der Waals surface area contributed by atoms with Crippen LogP contribution in [-0.2, 0) is 10.8 Å². The van der Waals surface area contributed by atoms with Gasteiger partial charge in [0.05, 0.1) is 5.69 Å². The first-order chi connectivity index (χ1) is 25.8. The van der Waals surface area contributed by atoms with E-state index in [1.54, 1.807) is 11.1 Å². The summed E-state index contributed by atoms with van der Waals surface area (Å²) in [5.74, 6) is 3.75. The van der Waals surface area contributed by atoms with Crippen molar-refractivity contribution in [3.63, 3.8) is 0 Å². The lowest BCUT2D eigenvalue weighted by Gasteiger charge is -2.61. The summed E-state index contributed by atoms with van der Waals surface area (Å²) in [5.41, 5.74) is 19.4. The van der Waals surface area contributed by atoms with E-state index in [1.165, 1.54) is 99.2 Å². The number of hydrogen-bond donors (Lipinski definition) is 0. The Kier molecular flexibility index (Phi) is 6.75. The number of rotatable bonds is 5. The molecule has 0 saturated heterocycles. The van der Waals surface area contributed by atoms with Crippen LogP contribution in [0, 0.1) is 23.7 Å². The predicted octanol–water partition coefficient (Wildman–Crippen LogP) is 14.0. The zero-order valence-corrected chi connectivity index (χ0v) is 31.6. The molecule has 0 atom stereocenters. The van der Waals surface area contributed by atoms with Gasteiger partial charge >= 0.3 is 0 Å². The summed E-state index contributed by atoms with van der Waals surface area (Å²) in [6.45, 7) is 9.43. The van der Waals surface area contributed by atoms with Crippen molar-refractivity contribution in [1.82, 2.24) is 0 Å². The van der Waals surface area contributed by atoms with Gasteiger partial charge in [-0.1, -0.05) is 125 Å². The molecule has 4 fully saturated rings. The smallest absolute Gasteiger partial charge is 0.0540 e. The van der Waals surface area contributed by atoms with E-state index in [0.29, 0.717) is 5.92 Å². The second-order valence-electron chi connectivity index (χ2n) is 18.0. The average Bonchev–Trinajstić information content (AvgIpc) is 3.59. The van der Waals surface area contributed by atoms with Crippen LogP contribution in [0.3, 0.4) is 0 Å². The molecule has 1 heteroatoms. The predicted molar refractivity (Wildman–Crippen MR) is 221 cm³/mol. The van der Waals surface area contributed by atoms with Crippen LogP contribution < -0.4 is 4.90 Å². The zero-order chi connectivity index (χ0) is 35.6. The fraction of sp³-hybridized carbons (Fsp3) is 0.308. The van der Waals surface area contributed by atoms with Crippen LogP contribution in [0.1, 0.15) is 93.5 Å². The Balaban J connectivity index is 1.16. The van der Waals surface area contributed by atoms with Gasteiger partial charge in [-0.05, 0) is 154 Å². The quantitative estimate of drug-likeness (QED) is 0.174. The number of benzene rings is 6. The standard InChI is InChI=1S/C52H49N/c1-32(2)36-18-23-50(45(29-36)35-12-6-5-7-13-35)53(39-19-21-43-41-14-8-10-16-46(41)51(3,4)48(43)30-39)40-20-22-44-42-15-9-11-17-47(42)52(49(44)31-40)37-25-33-24-34(27-37)28-38(52)26-33/h5-23,29-34,37-38H,24-28H2,1-4H3. The molecule has 0 amide bonds. The first kappa shape index (κ1) is 31.6. The minimum atomic E-state index is -0.0820. The lowest BCUT2D eigenvalue weighted by molar-refractivity contribution is -0.0399. The van der Waals surface area contributed by atoms with E-state index in [0.717, 1.165) is 23.7 Å². The van der Waals surface area contributed by atoms with Gasteiger partial charge in [-0.15, -0.1) is 0 Å². The molecule has 0 unspecified atom stereocenters. The van der Waals surface area contributed by atoms with E-state index in [9.17, 15) is 0 Å². The van der Waals surface area contributed by atoms with E-state index in [-0.39, 0.29) is 10.8 Å². The third kappa shape index (κ3) is 4.37. The van der Waals surface area contributed by atoms with Crippen molar-refractivity contribution in [2.75, 3.05) is 4.90 Å². The van der Waals surface area contributed by atoms with Crippen molar-refractivity contribution in [1.29, 1.82) is 0 Å². The Labute approximate surface area is 315 Å². The molecular weight excluding hydrogens is 639 g/mol. The highest BCUT2D eigenvalue weighted by Gasteiger charge is 2.61. The minimum Gasteiger partial charge on any atom is -0.310 e. The van der Waals surface area contributed by atoms with E-state index in [4.69, 9.17) is 0 Å². The van der Waals surface area contributed by atoms with Crippen LogP contribution in [0.25, 0.3) is 33.4 Å². The molecule has 4 saturated carbocycles. The molecule has 0 heterocycles. The number of nitrogens with zero attached hydrogens (tertiary/aromatic N) is 1. The van der Waals surface area contributed by atoms with Gasteiger partial charge in [0.2, 0.25) is 0 Å². The summed E-state index contributed by atoms with van der Waals surface area (Å²) in [6.07, 6.45) is 7.04. The molecule has 0 aromatic heterocycles. The third-order valence-electron chi connectivity index (χ3n) is 14.6. The van der Waals surface area contributed by atoms with Gasteiger partial charge in [0.25, 0.3) is 0 Å². The second kappa shape index (κ2) is 11.3. The van der Waals surface area contributed by atoms with E-state index < -0.39 is 0 Å². The van der Waals surface area contributed by atoms with E-state index >= 15 is 0 Å². The SMILES string of the molecule is CC(C)c1ccc(N(c2ccc3c(c2)C(C)(C)c2ccccc2-3)c2ccc3c(c2)C2(c4ccccc4-3)C3CC4CC(C3)CC2C4)c(-c2ccccc2)c1. The van der Waals surface area contributed by atoms with Crippen LogP contribution >= 0.6 is 0 Å². The minimum absolute atomic E-state index is 0.0820. The summed E-state index contributed by atoms with van der Waals surface area (Å²) in [6, 6.07) is 51.7. The summed E-state index contributed by atoms with van der Waals surface area (Å²) in [4.78, 5) is 2.61. The number of anilines is 3. The third-order valence-corrected chi connectivity index (χ3v) is 14.6. The van der Waals surface area contributed by atoms with E-state index in [2.05, 4.69) is 166 Å². The van der Waals surface area contributed by atoms with Crippen molar-refractivity contribution < 1.29 is 0 Å². The number of hydrogen-bond acceptors (Lipinski definition) is 1. The van der Waals surface area contributed by atoms with Gasteiger partial charge in [0.1, 0.15) is 0 Å². The van der Waals surface area contributed by atoms with Crippen molar-refractivity contribution in [3.8, 4) is 33.4 Å². The van der Waals surface area contributed by atoms with Crippen molar-refractivity contribution in [3.05, 3.63) is 161 Å². The summed E-state index contributed by atoms with van der Waals surface area (Å²) >= 11 is 0.